The molecule has 1 heterocycles. The molecule has 0 unspecified atom stereocenters. The van der Waals surface area contributed by atoms with Gasteiger partial charge >= 0.3 is 0 Å². The molecule has 0 aliphatic carbocycles. The van der Waals surface area contributed by atoms with Crippen molar-refractivity contribution in [3.05, 3.63) is 36.5 Å². The van der Waals surface area contributed by atoms with Crippen LogP contribution in [0.25, 0.3) is 11.3 Å². The lowest BCUT2D eigenvalue weighted by molar-refractivity contribution is 0.523. The third-order valence-corrected chi connectivity index (χ3v) is 2.08. The van der Waals surface area contributed by atoms with Gasteiger partial charge in [0.2, 0.25) is 0 Å². The zero-order valence-corrected chi connectivity index (χ0v) is 8.67. The van der Waals surface area contributed by atoms with E-state index < -0.39 is 0 Å². The van der Waals surface area contributed by atoms with Gasteiger partial charge < -0.3 is 5.73 Å². The number of hydrogen-bond donors (Lipinski definition) is 1. The zero-order chi connectivity index (χ0) is 10.7. The Bertz CT molecular complexity index is 419. The van der Waals surface area contributed by atoms with Gasteiger partial charge in [0.05, 0.1) is 12.7 Å². The lowest BCUT2D eigenvalue weighted by atomic mass is 10.2. The molecule has 78 valence electrons. The molecular weight excluding hydrogens is 188 g/mol. The summed E-state index contributed by atoms with van der Waals surface area (Å²) in [4.78, 5) is 0. The molecule has 0 fully saturated rings. The van der Waals surface area contributed by atoms with Crippen LogP contribution in [0.5, 0.6) is 0 Å². The molecule has 0 radical (unpaired) electrons. The molecule has 1 aromatic heterocycles. The summed E-state index contributed by atoms with van der Waals surface area (Å²) in [6.07, 6.45) is 1.92. The van der Waals surface area contributed by atoms with Gasteiger partial charge in [0.15, 0.2) is 0 Å². The van der Waals surface area contributed by atoms with Crippen molar-refractivity contribution in [1.29, 1.82) is 0 Å². The summed E-state index contributed by atoms with van der Waals surface area (Å²) in [5, 5.41) is 8.12. The molecule has 15 heavy (non-hydrogen) atoms. The van der Waals surface area contributed by atoms with Crippen LogP contribution in [0.2, 0.25) is 0 Å². The lowest BCUT2D eigenvalue weighted by Gasteiger charge is -2.02. The summed E-state index contributed by atoms with van der Waals surface area (Å²) >= 11 is 0. The van der Waals surface area contributed by atoms with Gasteiger partial charge in [-0.1, -0.05) is 35.5 Å². The maximum atomic E-state index is 5.68. The number of benzene rings is 1. The van der Waals surface area contributed by atoms with Crippen molar-refractivity contribution in [3.8, 4) is 11.3 Å². The van der Waals surface area contributed by atoms with Crippen molar-refractivity contribution < 1.29 is 0 Å². The van der Waals surface area contributed by atoms with E-state index in [-0.39, 0.29) is 6.04 Å². The Morgan fingerprint density at radius 1 is 1.33 bits per heavy atom. The van der Waals surface area contributed by atoms with E-state index in [1.54, 1.807) is 4.68 Å². The normalized spacial score (nSPS) is 12.7. The van der Waals surface area contributed by atoms with E-state index in [9.17, 15) is 0 Å². The minimum absolute atomic E-state index is 0.0929. The first kappa shape index (κ1) is 9.86. The van der Waals surface area contributed by atoms with Gasteiger partial charge in [0.1, 0.15) is 5.69 Å². The van der Waals surface area contributed by atoms with Crippen LogP contribution in [-0.2, 0) is 6.54 Å². The molecule has 0 amide bonds. The minimum Gasteiger partial charge on any atom is -0.326 e. The van der Waals surface area contributed by atoms with Gasteiger partial charge in [-0.25, -0.2) is 0 Å². The average Bonchev–Trinajstić information content (AvgIpc) is 2.67. The van der Waals surface area contributed by atoms with E-state index >= 15 is 0 Å². The molecule has 2 N–H and O–H groups in total. The third kappa shape index (κ3) is 2.41. The van der Waals surface area contributed by atoms with E-state index in [2.05, 4.69) is 10.3 Å². The van der Waals surface area contributed by atoms with Crippen LogP contribution in [0.3, 0.4) is 0 Å². The summed E-state index contributed by atoms with van der Waals surface area (Å²) in [5.74, 6) is 0. The largest absolute Gasteiger partial charge is 0.326 e. The highest BCUT2D eigenvalue weighted by Crippen LogP contribution is 2.14. The van der Waals surface area contributed by atoms with Gasteiger partial charge in [-0.2, -0.15) is 0 Å². The molecule has 2 rings (SSSR count). The number of aromatic nitrogens is 3. The van der Waals surface area contributed by atoms with Crippen LogP contribution in [0.4, 0.5) is 0 Å². The zero-order valence-electron chi connectivity index (χ0n) is 8.67. The van der Waals surface area contributed by atoms with Crippen LogP contribution in [0.15, 0.2) is 36.5 Å². The van der Waals surface area contributed by atoms with E-state index in [1.165, 1.54) is 0 Å². The second-order valence-corrected chi connectivity index (χ2v) is 3.67. The summed E-state index contributed by atoms with van der Waals surface area (Å²) in [6.45, 7) is 2.64. The highest BCUT2D eigenvalue weighted by Gasteiger charge is 2.03. The maximum absolute atomic E-state index is 5.68. The molecule has 0 saturated carbocycles. The predicted molar refractivity (Wildman–Crippen MR) is 59.1 cm³/mol. The topological polar surface area (TPSA) is 56.7 Å². The SMILES string of the molecule is C[C@@H](N)Cn1cc(-c2ccccc2)nn1. The fourth-order valence-corrected chi connectivity index (χ4v) is 1.42. The summed E-state index contributed by atoms with van der Waals surface area (Å²) in [5.41, 5.74) is 7.65. The van der Waals surface area contributed by atoms with Crippen LogP contribution >= 0.6 is 0 Å². The van der Waals surface area contributed by atoms with E-state index in [0.29, 0.717) is 6.54 Å². The molecule has 2 aromatic rings. The first-order valence-electron chi connectivity index (χ1n) is 4.97. The maximum Gasteiger partial charge on any atom is 0.113 e. The second-order valence-electron chi connectivity index (χ2n) is 3.67. The highest BCUT2D eigenvalue weighted by atomic mass is 15.4. The molecular formula is C11H14N4. The number of nitrogens with zero attached hydrogens (tertiary/aromatic N) is 3. The monoisotopic (exact) mass is 202 g/mol. The Balaban J connectivity index is 2.21. The summed E-state index contributed by atoms with van der Waals surface area (Å²) in [7, 11) is 0. The van der Waals surface area contributed by atoms with Crippen LogP contribution in [-0.4, -0.2) is 21.0 Å². The van der Waals surface area contributed by atoms with Crippen molar-refractivity contribution in [2.24, 2.45) is 5.73 Å². The first-order valence-corrected chi connectivity index (χ1v) is 4.97. The number of rotatable bonds is 3. The second kappa shape index (κ2) is 4.23. The molecule has 0 spiro atoms. The van der Waals surface area contributed by atoms with Crippen molar-refractivity contribution in [3.63, 3.8) is 0 Å². The molecule has 0 aliphatic rings. The van der Waals surface area contributed by atoms with E-state index in [1.807, 2.05) is 43.5 Å². The van der Waals surface area contributed by atoms with Crippen LogP contribution in [0.1, 0.15) is 6.92 Å². The molecule has 1 atom stereocenters. The average molecular weight is 202 g/mol. The standard InChI is InChI=1S/C11H14N4/c1-9(12)7-15-8-11(13-14-15)10-5-3-2-4-6-10/h2-6,8-9H,7,12H2,1H3/t9-/m1/s1. The smallest absolute Gasteiger partial charge is 0.113 e. The van der Waals surface area contributed by atoms with E-state index in [0.717, 1.165) is 11.3 Å². The first-order chi connectivity index (χ1) is 7.25. The van der Waals surface area contributed by atoms with Crippen molar-refractivity contribution in [2.75, 3.05) is 0 Å². The molecule has 1 aromatic carbocycles. The van der Waals surface area contributed by atoms with Crippen molar-refractivity contribution >= 4 is 0 Å². The Morgan fingerprint density at radius 2 is 2.07 bits per heavy atom. The molecule has 0 bridgehead atoms. The van der Waals surface area contributed by atoms with Crippen molar-refractivity contribution in [1.82, 2.24) is 15.0 Å². The summed E-state index contributed by atoms with van der Waals surface area (Å²) in [6, 6.07) is 10.1. The Kier molecular flexibility index (Phi) is 2.78. The molecule has 4 heteroatoms. The quantitative estimate of drug-likeness (QED) is 0.816. The summed E-state index contributed by atoms with van der Waals surface area (Å²) < 4.78 is 1.77. The van der Waals surface area contributed by atoms with Crippen LogP contribution in [0, 0.1) is 0 Å². The number of nitrogens with two attached hydrogens (primary N) is 1. The molecule has 0 saturated heterocycles. The molecule has 0 aliphatic heterocycles. The Morgan fingerprint density at radius 3 is 2.73 bits per heavy atom. The van der Waals surface area contributed by atoms with Gasteiger partial charge in [-0.05, 0) is 6.92 Å². The van der Waals surface area contributed by atoms with Gasteiger partial charge in [-0.3, -0.25) is 4.68 Å². The fourth-order valence-electron chi connectivity index (χ4n) is 1.42. The minimum atomic E-state index is 0.0929. The van der Waals surface area contributed by atoms with Gasteiger partial charge in [0.25, 0.3) is 0 Å². The Hall–Kier alpha value is -1.68. The number of hydrogen-bond acceptors (Lipinski definition) is 3. The lowest BCUT2D eigenvalue weighted by Crippen LogP contribution is -2.22. The van der Waals surface area contributed by atoms with Crippen LogP contribution < -0.4 is 5.73 Å². The van der Waals surface area contributed by atoms with Gasteiger partial charge in [-0.15, -0.1) is 5.10 Å². The van der Waals surface area contributed by atoms with E-state index in [4.69, 9.17) is 5.73 Å². The highest BCUT2D eigenvalue weighted by molar-refractivity contribution is 5.57. The molecule has 4 nitrogen and oxygen atoms in total. The third-order valence-electron chi connectivity index (χ3n) is 2.08. The van der Waals surface area contributed by atoms with Crippen molar-refractivity contribution in [2.45, 2.75) is 19.5 Å². The fraction of sp³-hybridized carbons (Fsp3) is 0.273. The Labute approximate surface area is 88.7 Å². The van der Waals surface area contributed by atoms with Gasteiger partial charge in [0, 0.05) is 11.6 Å². The predicted octanol–water partition coefficient (Wildman–Crippen LogP) is 1.29.